The zero-order valence-electron chi connectivity index (χ0n) is 9.74. The summed E-state index contributed by atoms with van der Waals surface area (Å²) < 4.78 is 0. The van der Waals surface area contributed by atoms with Crippen molar-refractivity contribution in [1.82, 2.24) is 4.98 Å². The molecule has 0 unspecified atom stereocenters. The lowest BCUT2D eigenvalue weighted by atomic mass is 10.2. The van der Waals surface area contributed by atoms with E-state index in [0.717, 1.165) is 6.08 Å². The molecule has 6 heteroatoms. The first kappa shape index (κ1) is 13.0. The minimum atomic E-state index is -1.02. The van der Waals surface area contributed by atoms with Gasteiger partial charge in [0.15, 0.2) is 5.13 Å². The number of carboxylic acid groups (broad SMARTS) is 1. The number of nitrogens with one attached hydrogen (secondary N) is 1. The van der Waals surface area contributed by atoms with Gasteiger partial charge in [-0.25, -0.2) is 9.78 Å². The molecule has 1 aromatic heterocycles. The number of anilines is 1. The standard InChI is InChI=1S/C13H10N2O3S/c16-11(17)7-6-10-8-14-13(19-10)15-12(18)9-4-2-1-3-5-9/h1-8H,(H,16,17)(H,14,15,18)/b7-6+. The Morgan fingerprint density at radius 1 is 1.26 bits per heavy atom. The lowest BCUT2D eigenvalue weighted by Crippen LogP contribution is -2.11. The summed E-state index contributed by atoms with van der Waals surface area (Å²) in [5.41, 5.74) is 0.542. The van der Waals surface area contributed by atoms with Gasteiger partial charge in [0.05, 0.1) is 0 Å². The Labute approximate surface area is 113 Å². The highest BCUT2D eigenvalue weighted by Gasteiger charge is 2.07. The molecule has 0 radical (unpaired) electrons. The van der Waals surface area contributed by atoms with E-state index in [1.165, 1.54) is 23.6 Å². The molecule has 0 saturated carbocycles. The van der Waals surface area contributed by atoms with E-state index in [1.807, 2.05) is 6.07 Å². The van der Waals surface area contributed by atoms with E-state index in [-0.39, 0.29) is 5.91 Å². The van der Waals surface area contributed by atoms with Gasteiger partial charge in [0, 0.05) is 22.7 Å². The Morgan fingerprint density at radius 3 is 2.68 bits per heavy atom. The minimum absolute atomic E-state index is 0.247. The summed E-state index contributed by atoms with van der Waals surface area (Å²) in [5.74, 6) is -1.27. The van der Waals surface area contributed by atoms with Crippen LogP contribution in [0.2, 0.25) is 0 Å². The average Bonchev–Trinajstić information content (AvgIpc) is 2.85. The van der Waals surface area contributed by atoms with Crippen molar-refractivity contribution in [3.05, 3.63) is 53.0 Å². The number of aliphatic carboxylic acids is 1. The summed E-state index contributed by atoms with van der Waals surface area (Å²) in [7, 11) is 0. The van der Waals surface area contributed by atoms with Crippen molar-refractivity contribution in [2.45, 2.75) is 0 Å². The Hall–Kier alpha value is -2.47. The van der Waals surface area contributed by atoms with Crippen LogP contribution in [0.5, 0.6) is 0 Å². The largest absolute Gasteiger partial charge is 0.478 e. The Kier molecular flexibility index (Phi) is 4.04. The quantitative estimate of drug-likeness (QED) is 0.839. The van der Waals surface area contributed by atoms with Crippen molar-refractivity contribution in [3.63, 3.8) is 0 Å². The van der Waals surface area contributed by atoms with E-state index in [2.05, 4.69) is 10.3 Å². The molecule has 1 amide bonds. The fourth-order valence-electron chi connectivity index (χ4n) is 1.33. The van der Waals surface area contributed by atoms with Crippen LogP contribution >= 0.6 is 11.3 Å². The van der Waals surface area contributed by atoms with Gasteiger partial charge in [0.1, 0.15) is 0 Å². The maximum atomic E-state index is 11.8. The van der Waals surface area contributed by atoms with Crippen LogP contribution in [0.1, 0.15) is 15.2 Å². The topological polar surface area (TPSA) is 79.3 Å². The number of amides is 1. The molecule has 2 N–H and O–H groups in total. The lowest BCUT2D eigenvalue weighted by Gasteiger charge is -2.00. The molecule has 1 aromatic carbocycles. The molecule has 5 nitrogen and oxygen atoms in total. The van der Waals surface area contributed by atoms with Crippen LogP contribution in [0.15, 0.2) is 42.6 Å². The molecule has 0 aliphatic carbocycles. The van der Waals surface area contributed by atoms with Crippen molar-refractivity contribution in [1.29, 1.82) is 0 Å². The highest BCUT2D eigenvalue weighted by molar-refractivity contribution is 7.16. The SMILES string of the molecule is O=C(O)/C=C/c1cnc(NC(=O)c2ccccc2)s1. The van der Waals surface area contributed by atoms with Crippen molar-refractivity contribution in [2.75, 3.05) is 5.32 Å². The number of nitrogens with zero attached hydrogens (tertiary/aromatic N) is 1. The van der Waals surface area contributed by atoms with Gasteiger partial charge < -0.3 is 5.11 Å². The van der Waals surface area contributed by atoms with E-state index in [4.69, 9.17) is 5.11 Å². The lowest BCUT2D eigenvalue weighted by molar-refractivity contribution is -0.131. The predicted octanol–water partition coefficient (Wildman–Crippen LogP) is 2.49. The van der Waals surface area contributed by atoms with Crippen molar-refractivity contribution >= 4 is 34.4 Å². The van der Waals surface area contributed by atoms with Gasteiger partial charge in [-0.05, 0) is 18.2 Å². The normalized spacial score (nSPS) is 10.5. The molecule has 0 bridgehead atoms. The van der Waals surface area contributed by atoms with E-state index >= 15 is 0 Å². The first-order valence-electron chi connectivity index (χ1n) is 5.38. The van der Waals surface area contributed by atoms with Crippen molar-refractivity contribution in [3.8, 4) is 0 Å². The predicted molar refractivity (Wildman–Crippen MR) is 73.2 cm³/mol. The van der Waals surface area contributed by atoms with E-state index in [0.29, 0.717) is 15.6 Å². The molecule has 2 aromatic rings. The number of rotatable bonds is 4. The second-order valence-electron chi connectivity index (χ2n) is 3.56. The third-order valence-corrected chi connectivity index (χ3v) is 3.05. The molecule has 0 atom stereocenters. The minimum Gasteiger partial charge on any atom is -0.478 e. The van der Waals surface area contributed by atoms with E-state index in [9.17, 15) is 9.59 Å². The second kappa shape index (κ2) is 5.92. The summed E-state index contributed by atoms with van der Waals surface area (Å²) >= 11 is 1.20. The van der Waals surface area contributed by atoms with Crippen LogP contribution in [0, 0.1) is 0 Å². The molecule has 0 aliphatic heterocycles. The van der Waals surface area contributed by atoms with Crippen molar-refractivity contribution < 1.29 is 14.7 Å². The number of hydrogen-bond donors (Lipinski definition) is 2. The van der Waals surface area contributed by atoms with Gasteiger partial charge >= 0.3 is 5.97 Å². The molecule has 96 valence electrons. The summed E-state index contributed by atoms with van der Waals surface area (Å²) in [4.78, 5) is 26.9. The van der Waals surface area contributed by atoms with Crippen LogP contribution < -0.4 is 5.32 Å². The van der Waals surface area contributed by atoms with Gasteiger partial charge in [-0.2, -0.15) is 0 Å². The zero-order chi connectivity index (χ0) is 13.7. The molecule has 0 fully saturated rings. The molecule has 19 heavy (non-hydrogen) atoms. The number of carboxylic acids is 1. The molecule has 0 spiro atoms. The second-order valence-corrected chi connectivity index (χ2v) is 4.62. The highest BCUT2D eigenvalue weighted by Crippen LogP contribution is 2.20. The maximum absolute atomic E-state index is 11.8. The average molecular weight is 274 g/mol. The van der Waals surface area contributed by atoms with Crippen LogP contribution in [-0.4, -0.2) is 22.0 Å². The number of benzene rings is 1. The van der Waals surface area contributed by atoms with Gasteiger partial charge in [-0.1, -0.05) is 29.5 Å². The van der Waals surface area contributed by atoms with Gasteiger partial charge in [-0.3, -0.25) is 10.1 Å². The first-order valence-corrected chi connectivity index (χ1v) is 6.20. The fraction of sp³-hybridized carbons (Fsp3) is 0. The van der Waals surface area contributed by atoms with E-state index < -0.39 is 5.97 Å². The highest BCUT2D eigenvalue weighted by atomic mass is 32.1. The molecular weight excluding hydrogens is 264 g/mol. The molecule has 0 aliphatic rings. The Balaban J connectivity index is 2.04. The number of carbonyl (C=O) groups excluding carboxylic acids is 1. The van der Waals surface area contributed by atoms with Crippen LogP contribution in [0.25, 0.3) is 6.08 Å². The van der Waals surface area contributed by atoms with Crippen LogP contribution in [0.4, 0.5) is 5.13 Å². The summed E-state index contributed by atoms with van der Waals surface area (Å²) in [6, 6.07) is 8.78. The fourth-order valence-corrected chi connectivity index (χ4v) is 2.05. The Morgan fingerprint density at radius 2 is 2.00 bits per heavy atom. The number of aromatic nitrogens is 1. The zero-order valence-corrected chi connectivity index (χ0v) is 10.6. The smallest absolute Gasteiger partial charge is 0.328 e. The number of thiazole rings is 1. The van der Waals surface area contributed by atoms with Crippen LogP contribution in [0.3, 0.4) is 0 Å². The first-order chi connectivity index (χ1) is 9.15. The maximum Gasteiger partial charge on any atom is 0.328 e. The Bertz CT molecular complexity index is 620. The van der Waals surface area contributed by atoms with Gasteiger partial charge in [0.2, 0.25) is 0 Å². The monoisotopic (exact) mass is 274 g/mol. The molecular formula is C13H10N2O3S. The summed E-state index contributed by atoms with van der Waals surface area (Å²) in [6.07, 6.45) is 3.96. The van der Waals surface area contributed by atoms with Crippen molar-refractivity contribution in [2.24, 2.45) is 0 Å². The van der Waals surface area contributed by atoms with E-state index in [1.54, 1.807) is 24.3 Å². The van der Waals surface area contributed by atoms with Gasteiger partial charge in [0.25, 0.3) is 5.91 Å². The third kappa shape index (κ3) is 3.75. The van der Waals surface area contributed by atoms with Gasteiger partial charge in [-0.15, -0.1) is 0 Å². The number of hydrogen-bond acceptors (Lipinski definition) is 4. The number of carbonyl (C=O) groups is 2. The molecule has 0 saturated heterocycles. The summed E-state index contributed by atoms with van der Waals surface area (Å²) in [5, 5.41) is 11.6. The van der Waals surface area contributed by atoms with Crippen LogP contribution in [-0.2, 0) is 4.79 Å². The molecule has 2 rings (SSSR count). The summed E-state index contributed by atoms with van der Waals surface area (Å²) in [6.45, 7) is 0. The third-order valence-electron chi connectivity index (χ3n) is 2.17. The molecule has 1 heterocycles.